The van der Waals surface area contributed by atoms with Gasteiger partial charge in [-0.05, 0) is 49.2 Å². The fraction of sp³-hybridized carbons (Fsp3) is 0.455. The number of rotatable bonds is 5. The van der Waals surface area contributed by atoms with E-state index >= 15 is 0 Å². The predicted octanol–water partition coefficient (Wildman–Crippen LogP) is 2.45. The maximum atomic E-state index is 11.3. The Morgan fingerprint density at radius 1 is 1.08 bits per heavy atom. The van der Waals surface area contributed by atoms with Crippen LogP contribution in [0.3, 0.4) is 0 Å². The predicted molar refractivity (Wildman–Crippen MR) is 107 cm³/mol. The Morgan fingerprint density at radius 3 is 2.54 bits per heavy atom. The molecular weight excluding hydrogens is 322 g/mol. The van der Waals surface area contributed by atoms with Gasteiger partial charge in [0.15, 0.2) is 0 Å². The van der Waals surface area contributed by atoms with E-state index in [0.29, 0.717) is 0 Å². The molecule has 4 nitrogen and oxygen atoms in total. The molecule has 0 bridgehead atoms. The SMILES string of the molecule is CN(CCN[C@H]1c2ccccc2C2(CCNCC2)[C@@H]1O)c1ccccc1. The van der Waals surface area contributed by atoms with E-state index in [4.69, 9.17) is 0 Å². The van der Waals surface area contributed by atoms with Crippen LogP contribution < -0.4 is 15.5 Å². The number of hydrogen-bond donors (Lipinski definition) is 3. The number of piperidine rings is 1. The van der Waals surface area contributed by atoms with E-state index < -0.39 is 0 Å². The van der Waals surface area contributed by atoms with E-state index in [1.165, 1.54) is 16.8 Å². The zero-order valence-corrected chi connectivity index (χ0v) is 15.5. The van der Waals surface area contributed by atoms with Crippen molar-refractivity contribution in [2.45, 2.75) is 30.4 Å². The van der Waals surface area contributed by atoms with Gasteiger partial charge < -0.3 is 20.6 Å². The third kappa shape index (κ3) is 3.02. The van der Waals surface area contributed by atoms with E-state index in [9.17, 15) is 5.11 Å². The highest BCUT2D eigenvalue weighted by Gasteiger charge is 2.51. The fourth-order valence-corrected chi connectivity index (χ4v) is 4.73. The normalized spacial score (nSPS) is 23.8. The number of nitrogens with one attached hydrogen (secondary N) is 2. The zero-order chi connectivity index (χ0) is 18.0. The average molecular weight is 351 g/mol. The summed E-state index contributed by atoms with van der Waals surface area (Å²) in [6, 6.07) is 19.1. The molecule has 1 aliphatic carbocycles. The minimum atomic E-state index is -0.357. The second-order valence-electron chi connectivity index (χ2n) is 7.63. The van der Waals surface area contributed by atoms with Gasteiger partial charge in [-0.1, -0.05) is 42.5 Å². The van der Waals surface area contributed by atoms with Crippen LogP contribution in [0.25, 0.3) is 0 Å². The van der Waals surface area contributed by atoms with Crippen molar-refractivity contribution in [2.75, 3.05) is 38.1 Å². The lowest BCUT2D eigenvalue weighted by molar-refractivity contribution is 0.0447. The molecule has 2 aromatic rings. The Balaban J connectivity index is 1.47. The van der Waals surface area contributed by atoms with E-state index in [1.807, 2.05) is 6.07 Å². The van der Waals surface area contributed by atoms with Gasteiger partial charge >= 0.3 is 0 Å². The highest BCUT2D eigenvalue weighted by molar-refractivity contribution is 5.46. The van der Waals surface area contributed by atoms with Crippen LogP contribution in [-0.4, -0.2) is 44.4 Å². The molecule has 138 valence electrons. The van der Waals surface area contributed by atoms with Crippen LogP contribution in [0.4, 0.5) is 5.69 Å². The van der Waals surface area contributed by atoms with Crippen molar-refractivity contribution in [3.8, 4) is 0 Å². The molecule has 2 aromatic carbocycles. The topological polar surface area (TPSA) is 47.5 Å². The summed E-state index contributed by atoms with van der Waals surface area (Å²) in [6.45, 7) is 3.71. The summed E-state index contributed by atoms with van der Waals surface area (Å²) < 4.78 is 0. The van der Waals surface area contributed by atoms with Gasteiger partial charge in [0.2, 0.25) is 0 Å². The number of aliphatic hydroxyl groups excluding tert-OH is 1. The lowest BCUT2D eigenvalue weighted by atomic mass is 9.72. The number of fused-ring (bicyclic) bond motifs is 2. The van der Waals surface area contributed by atoms with Crippen LogP contribution in [0.2, 0.25) is 0 Å². The Bertz CT molecular complexity index is 727. The Kier molecular flexibility index (Phi) is 4.98. The Morgan fingerprint density at radius 2 is 1.77 bits per heavy atom. The van der Waals surface area contributed by atoms with Gasteiger partial charge in [-0.2, -0.15) is 0 Å². The first kappa shape index (κ1) is 17.5. The lowest BCUT2D eigenvalue weighted by Gasteiger charge is -2.39. The van der Waals surface area contributed by atoms with Crippen molar-refractivity contribution < 1.29 is 5.11 Å². The zero-order valence-electron chi connectivity index (χ0n) is 15.5. The van der Waals surface area contributed by atoms with E-state index in [0.717, 1.165) is 39.0 Å². The third-order valence-corrected chi connectivity index (χ3v) is 6.22. The maximum absolute atomic E-state index is 11.3. The lowest BCUT2D eigenvalue weighted by Crippen LogP contribution is -2.48. The Hall–Kier alpha value is -1.88. The van der Waals surface area contributed by atoms with Gasteiger partial charge in [0.05, 0.1) is 12.1 Å². The fourth-order valence-electron chi connectivity index (χ4n) is 4.73. The van der Waals surface area contributed by atoms with Crippen LogP contribution in [0.5, 0.6) is 0 Å². The first-order chi connectivity index (χ1) is 12.7. The molecule has 0 unspecified atom stereocenters. The highest BCUT2D eigenvalue weighted by atomic mass is 16.3. The molecule has 4 rings (SSSR count). The van der Waals surface area contributed by atoms with Crippen LogP contribution in [0.15, 0.2) is 54.6 Å². The van der Waals surface area contributed by atoms with Gasteiger partial charge in [0, 0.05) is 31.2 Å². The molecule has 2 aliphatic rings. The molecule has 1 heterocycles. The molecule has 1 saturated heterocycles. The van der Waals surface area contributed by atoms with Gasteiger partial charge in [-0.25, -0.2) is 0 Å². The summed E-state index contributed by atoms with van der Waals surface area (Å²) in [5.41, 5.74) is 3.76. The molecule has 1 aliphatic heterocycles. The smallest absolute Gasteiger partial charge is 0.0832 e. The van der Waals surface area contributed by atoms with Crippen molar-refractivity contribution in [3.63, 3.8) is 0 Å². The summed E-state index contributed by atoms with van der Waals surface area (Å²) in [5.74, 6) is 0. The minimum absolute atomic E-state index is 0.0217. The molecule has 2 atom stereocenters. The molecule has 1 fully saturated rings. The minimum Gasteiger partial charge on any atom is -0.390 e. The molecule has 3 N–H and O–H groups in total. The van der Waals surface area contributed by atoms with E-state index in [1.54, 1.807) is 0 Å². The molecule has 4 heteroatoms. The summed E-state index contributed by atoms with van der Waals surface area (Å²) >= 11 is 0. The Labute approximate surface area is 156 Å². The monoisotopic (exact) mass is 351 g/mol. The number of likely N-dealkylation sites (N-methyl/N-ethyl adjacent to an activating group) is 1. The second kappa shape index (κ2) is 7.39. The first-order valence-corrected chi connectivity index (χ1v) is 9.70. The molecule has 1 spiro atoms. The summed E-state index contributed by atoms with van der Waals surface area (Å²) in [6.07, 6.45) is 1.66. The molecule has 0 saturated carbocycles. The van der Waals surface area contributed by atoms with Crippen LogP contribution in [0, 0.1) is 0 Å². The average Bonchev–Trinajstić information content (AvgIpc) is 2.92. The van der Waals surface area contributed by atoms with E-state index in [-0.39, 0.29) is 17.6 Å². The van der Waals surface area contributed by atoms with Gasteiger partial charge in [-0.15, -0.1) is 0 Å². The maximum Gasteiger partial charge on any atom is 0.0832 e. The third-order valence-electron chi connectivity index (χ3n) is 6.22. The van der Waals surface area contributed by atoms with Crippen LogP contribution in [0.1, 0.15) is 30.0 Å². The molecule has 26 heavy (non-hydrogen) atoms. The van der Waals surface area contributed by atoms with Crippen molar-refractivity contribution in [2.24, 2.45) is 0 Å². The van der Waals surface area contributed by atoms with Crippen molar-refractivity contribution in [1.82, 2.24) is 10.6 Å². The first-order valence-electron chi connectivity index (χ1n) is 9.70. The van der Waals surface area contributed by atoms with Crippen molar-refractivity contribution in [1.29, 1.82) is 0 Å². The summed E-state index contributed by atoms with van der Waals surface area (Å²) in [7, 11) is 2.12. The standard InChI is InChI=1S/C22H29N3O/c1-25(17-7-3-2-4-8-17)16-15-24-20-18-9-5-6-10-19(18)22(21(20)26)11-13-23-14-12-22/h2-10,20-21,23-24,26H,11-16H2,1H3/t20-,21+/m0/s1. The van der Waals surface area contributed by atoms with Gasteiger partial charge in [-0.3, -0.25) is 0 Å². The number of nitrogens with zero attached hydrogens (tertiary/aromatic N) is 1. The quantitative estimate of drug-likeness (QED) is 0.774. The van der Waals surface area contributed by atoms with Gasteiger partial charge in [0.1, 0.15) is 0 Å². The van der Waals surface area contributed by atoms with Crippen LogP contribution in [-0.2, 0) is 5.41 Å². The van der Waals surface area contributed by atoms with E-state index in [2.05, 4.69) is 71.1 Å². The van der Waals surface area contributed by atoms with Crippen molar-refractivity contribution >= 4 is 5.69 Å². The number of aliphatic hydroxyl groups is 1. The molecule has 0 aromatic heterocycles. The number of benzene rings is 2. The number of hydrogen-bond acceptors (Lipinski definition) is 4. The van der Waals surface area contributed by atoms with Crippen molar-refractivity contribution in [3.05, 3.63) is 65.7 Å². The summed E-state index contributed by atoms with van der Waals surface area (Å²) in [5, 5.41) is 18.4. The number of para-hydroxylation sites is 1. The van der Waals surface area contributed by atoms with Crippen LogP contribution >= 0.6 is 0 Å². The summed E-state index contributed by atoms with van der Waals surface area (Å²) in [4.78, 5) is 2.25. The molecule has 0 amide bonds. The largest absolute Gasteiger partial charge is 0.390 e. The highest BCUT2D eigenvalue weighted by Crippen LogP contribution is 2.49. The molecular formula is C22H29N3O. The second-order valence-corrected chi connectivity index (χ2v) is 7.63. The van der Waals surface area contributed by atoms with Gasteiger partial charge in [0.25, 0.3) is 0 Å². The molecule has 0 radical (unpaired) electrons. The number of anilines is 1.